The van der Waals surface area contributed by atoms with E-state index in [2.05, 4.69) is 15.2 Å². The summed E-state index contributed by atoms with van der Waals surface area (Å²) in [5.41, 5.74) is 1.79. The maximum atomic E-state index is 12.0. The van der Waals surface area contributed by atoms with Gasteiger partial charge in [0.25, 0.3) is 0 Å². The molecule has 0 aliphatic carbocycles. The Morgan fingerprint density at radius 2 is 2.00 bits per heavy atom. The first-order valence-corrected chi connectivity index (χ1v) is 6.61. The molecule has 19 heavy (non-hydrogen) atoms. The van der Waals surface area contributed by atoms with Crippen LogP contribution in [0.1, 0.15) is 39.4 Å². The van der Waals surface area contributed by atoms with Crippen molar-refractivity contribution in [3.05, 3.63) is 23.0 Å². The highest BCUT2D eigenvalue weighted by Crippen LogP contribution is 2.13. The molecule has 1 saturated heterocycles. The number of H-pyrrole nitrogens is 1. The molecule has 0 bridgehead atoms. The minimum atomic E-state index is 0.0355. The van der Waals surface area contributed by atoms with Crippen LogP contribution in [0.2, 0.25) is 0 Å². The van der Waals surface area contributed by atoms with Crippen molar-refractivity contribution >= 4 is 12.1 Å². The summed E-state index contributed by atoms with van der Waals surface area (Å²) in [6.07, 6.45) is 3.05. The zero-order valence-electron chi connectivity index (χ0n) is 12.0. The van der Waals surface area contributed by atoms with Crippen molar-refractivity contribution in [1.29, 1.82) is 0 Å². The first kappa shape index (κ1) is 15.6. The van der Waals surface area contributed by atoms with Gasteiger partial charge in [-0.1, -0.05) is 0 Å². The third kappa shape index (κ3) is 4.61. The van der Waals surface area contributed by atoms with Crippen LogP contribution in [0.25, 0.3) is 0 Å². The summed E-state index contributed by atoms with van der Waals surface area (Å²) >= 11 is 0. The number of carbonyl (C=O) groups excluding carboxylic acids is 2. The number of rotatable bonds is 4. The molecular formula is C14H23N3O2. The number of aromatic nitrogens is 1. The van der Waals surface area contributed by atoms with Crippen molar-refractivity contribution in [3.63, 3.8) is 0 Å². The summed E-state index contributed by atoms with van der Waals surface area (Å²) in [6, 6.07) is 1.75. The number of Topliss-reactive ketones (excluding diaryl/α,β-unsaturated/α-hetero) is 1. The molecule has 5 nitrogen and oxygen atoms in total. The van der Waals surface area contributed by atoms with Crippen molar-refractivity contribution in [2.75, 3.05) is 33.7 Å². The number of aldehydes is 1. The second kappa shape index (κ2) is 7.86. The second-order valence-electron chi connectivity index (χ2n) is 4.80. The van der Waals surface area contributed by atoms with Crippen LogP contribution in [0.4, 0.5) is 0 Å². The normalized spacial score (nSPS) is 14.9. The maximum Gasteiger partial charge on any atom is 0.179 e. The van der Waals surface area contributed by atoms with E-state index in [4.69, 9.17) is 0 Å². The zero-order valence-corrected chi connectivity index (χ0v) is 12.0. The Morgan fingerprint density at radius 3 is 2.53 bits per heavy atom. The number of carbonyl (C=O) groups is 2. The molecule has 2 N–H and O–H groups in total. The van der Waals surface area contributed by atoms with Crippen LogP contribution < -0.4 is 5.32 Å². The molecule has 0 saturated carbocycles. The fourth-order valence-electron chi connectivity index (χ4n) is 2.16. The standard InChI is InChI=1S/C12H16N2O2.C2H7N/c1-9-6-10(11(8-15)13-9)12(16)7-14-4-2-3-5-14;1-3-2/h6,8,13H,2-5,7H2,1H3;3H,1-2H3. The van der Waals surface area contributed by atoms with Gasteiger partial charge in [-0.2, -0.15) is 0 Å². The molecule has 0 atom stereocenters. The Bertz CT molecular complexity index is 420. The molecule has 0 unspecified atom stereocenters. The molecule has 1 aromatic heterocycles. The fourth-order valence-corrected chi connectivity index (χ4v) is 2.16. The molecular weight excluding hydrogens is 242 g/mol. The number of likely N-dealkylation sites (tertiary alicyclic amines) is 1. The SMILES string of the molecule is CNC.Cc1cc(C(=O)CN2CCCC2)c(C=O)[nH]1. The molecule has 1 fully saturated rings. The second-order valence-corrected chi connectivity index (χ2v) is 4.80. The molecule has 1 aromatic rings. The summed E-state index contributed by atoms with van der Waals surface area (Å²) < 4.78 is 0. The molecule has 5 heteroatoms. The van der Waals surface area contributed by atoms with Crippen LogP contribution in [-0.2, 0) is 0 Å². The Hall–Kier alpha value is -1.46. The number of aryl methyl sites for hydroxylation is 1. The predicted molar refractivity (Wildman–Crippen MR) is 75.9 cm³/mol. The molecule has 0 radical (unpaired) electrons. The van der Waals surface area contributed by atoms with Gasteiger partial charge in [0.2, 0.25) is 0 Å². The lowest BCUT2D eigenvalue weighted by molar-refractivity contribution is 0.0940. The van der Waals surface area contributed by atoms with E-state index in [0.717, 1.165) is 18.8 Å². The third-order valence-corrected chi connectivity index (χ3v) is 2.97. The lowest BCUT2D eigenvalue weighted by Crippen LogP contribution is -2.27. The van der Waals surface area contributed by atoms with E-state index in [1.54, 1.807) is 6.07 Å². The van der Waals surface area contributed by atoms with E-state index in [9.17, 15) is 9.59 Å². The van der Waals surface area contributed by atoms with Crippen molar-refractivity contribution in [2.24, 2.45) is 0 Å². The molecule has 1 aliphatic rings. The van der Waals surface area contributed by atoms with Gasteiger partial charge in [0.1, 0.15) is 0 Å². The van der Waals surface area contributed by atoms with Crippen molar-refractivity contribution in [1.82, 2.24) is 15.2 Å². The Labute approximate surface area is 114 Å². The summed E-state index contributed by atoms with van der Waals surface area (Å²) in [7, 11) is 3.75. The van der Waals surface area contributed by atoms with Crippen LogP contribution in [0.3, 0.4) is 0 Å². The van der Waals surface area contributed by atoms with Gasteiger partial charge in [0, 0.05) is 11.3 Å². The molecule has 0 aromatic carbocycles. The van der Waals surface area contributed by atoms with Gasteiger partial charge in [0.15, 0.2) is 12.1 Å². The Balaban J connectivity index is 0.000000550. The molecule has 2 rings (SSSR count). The van der Waals surface area contributed by atoms with Gasteiger partial charge in [-0.15, -0.1) is 0 Å². The molecule has 0 amide bonds. The lowest BCUT2D eigenvalue weighted by atomic mass is 10.1. The molecule has 106 valence electrons. The smallest absolute Gasteiger partial charge is 0.179 e. The number of hydrogen-bond acceptors (Lipinski definition) is 4. The summed E-state index contributed by atoms with van der Waals surface area (Å²) in [5, 5.41) is 2.75. The van der Waals surface area contributed by atoms with Crippen LogP contribution in [0.15, 0.2) is 6.07 Å². The van der Waals surface area contributed by atoms with Crippen LogP contribution in [0, 0.1) is 6.92 Å². The highest BCUT2D eigenvalue weighted by molar-refractivity contribution is 6.03. The fraction of sp³-hybridized carbons (Fsp3) is 0.571. The highest BCUT2D eigenvalue weighted by Gasteiger charge is 2.19. The number of hydrogen-bond donors (Lipinski definition) is 2. The van der Waals surface area contributed by atoms with Crippen LogP contribution in [-0.4, -0.2) is 55.7 Å². The molecule has 2 heterocycles. The van der Waals surface area contributed by atoms with E-state index >= 15 is 0 Å². The maximum absolute atomic E-state index is 12.0. The largest absolute Gasteiger partial charge is 0.356 e. The minimum absolute atomic E-state index is 0.0355. The number of aromatic amines is 1. The van der Waals surface area contributed by atoms with Gasteiger partial charge in [-0.05, 0) is 53.0 Å². The summed E-state index contributed by atoms with van der Waals surface area (Å²) in [4.78, 5) is 27.8. The van der Waals surface area contributed by atoms with Crippen molar-refractivity contribution in [3.8, 4) is 0 Å². The minimum Gasteiger partial charge on any atom is -0.356 e. The summed E-state index contributed by atoms with van der Waals surface area (Å²) in [6.45, 7) is 4.26. The van der Waals surface area contributed by atoms with E-state index in [1.807, 2.05) is 21.0 Å². The summed E-state index contributed by atoms with van der Waals surface area (Å²) in [5.74, 6) is 0.0355. The van der Waals surface area contributed by atoms with E-state index in [-0.39, 0.29) is 5.78 Å². The van der Waals surface area contributed by atoms with Crippen LogP contribution >= 0.6 is 0 Å². The molecule has 1 aliphatic heterocycles. The lowest BCUT2D eigenvalue weighted by Gasteiger charge is -2.12. The van der Waals surface area contributed by atoms with Crippen molar-refractivity contribution < 1.29 is 9.59 Å². The quantitative estimate of drug-likeness (QED) is 0.635. The van der Waals surface area contributed by atoms with Gasteiger partial charge in [0.05, 0.1) is 12.2 Å². The average molecular weight is 265 g/mol. The van der Waals surface area contributed by atoms with Gasteiger partial charge < -0.3 is 10.3 Å². The zero-order chi connectivity index (χ0) is 14.3. The Morgan fingerprint density at radius 1 is 1.42 bits per heavy atom. The van der Waals surface area contributed by atoms with E-state index in [0.29, 0.717) is 24.1 Å². The van der Waals surface area contributed by atoms with Gasteiger partial charge in [-0.25, -0.2) is 0 Å². The number of ketones is 1. The van der Waals surface area contributed by atoms with E-state index < -0.39 is 0 Å². The molecule has 0 spiro atoms. The monoisotopic (exact) mass is 265 g/mol. The Kier molecular flexibility index (Phi) is 6.45. The first-order chi connectivity index (χ1) is 9.12. The van der Waals surface area contributed by atoms with Crippen molar-refractivity contribution in [2.45, 2.75) is 19.8 Å². The van der Waals surface area contributed by atoms with Crippen LogP contribution in [0.5, 0.6) is 0 Å². The number of nitrogens with zero attached hydrogens (tertiary/aromatic N) is 1. The van der Waals surface area contributed by atoms with Gasteiger partial charge in [-0.3, -0.25) is 14.5 Å². The van der Waals surface area contributed by atoms with E-state index in [1.165, 1.54) is 12.8 Å². The van der Waals surface area contributed by atoms with Gasteiger partial charge >= 0.3 is 0 Å². The first-order valence-electron chi connectivity index (χ1n) is 6.61. The topological polar surface area (TPSA) is 65.2 Å². The predicted octanol–water partition coefficient (Wildman–Crippen LogP) is 1.25. The highest BCUT2D eigenvalue weighted by atomic mass is 16.1. The third-order valence-electron chi connectivity index (χ3n) is 2.97. The average Bonchev–Trinajstić information content (AvgIpc) is 2.99. The number of nitrogens with one attached hydrogen (secondary N) is 2.